The van der Waals surface area contributed by atoms with Crippen LogP contribution in [0.15, 0.2) is 34.9 Å². The molecule has 154 valence electrons. The molecule has 1 spiro atoms. The van der Waals surface area contributed by atoms with Crippen molar-refractivity contribution < 1.29 is 23.6 Å². The van der Waals surface area contributed by atoms with Gasteiger partial charge < -0.3 is 23.8 Å². The number of hydrogen-bond donors (Lipinski definition) is 0. The average molecular weight is 399 g/mol. The Balaban J connectivity index is 1.45. The summed E-state index contributed by atoms with van der Waals surface area (Å²) in [6.07, 6.45) is 1.32. The Morgan fingerprint density at radius 2 is 1.97 bits per heavy atom. The minimum absolute atomic E-state index is 0.0392. The van der Waals surface area contributed by atoms with Crippen LogP contribution in [0.3, 0.4) is 0 Å². The zero-order valence-corrected chi connectivity index (χ0v) is 16.7. The zero-order valence-electron chi connectivity index (χ0n) is 16.7. The Labute approximate surface area is 169 Å². The Kier molecular flexibility index (Phi) is 5.38. The van der Waals surface area contributed by atoms with E-state index in [0.717, 1.165) is 5.69 Å². The number of piperidine rings is 1. The smallest absolute Gasteiger partial charge is 0.276 e. The lowest BCUT2D eigenvalue weighted by Crippen LogP contribution is -2.59. The van der Waals surface area contributed by atoms with Crippen molar-refractivity contribution in [3.8, 4) is 0 Å². The first-order chi connectivity index (χ1) is 14.0. The molecule has 2 saturated heterocycles. The summed E-state index contributed by atoms with van der Waals surface area (Å²) in [5.41, 5.74) is 1.44. The van der Waals surface area contributed by atoms with Gasteiger partial charge in [-0.1, -0.05) is 23.4 Å². The van der Waals surface area contributed by atoms with E-state index >= 15 is 0 Å². The van der Waals surface area contributed by atoms with Crippen LogP contribution < -0.4 is 4.90 Å². The summed E-state index contributed by atoms with van der Waals surface area (Å²) in [6.45, 7) is 3.68. The molecule has 0 saturated carbocycles. The van der Waals surface area contributed by atoms with Crippen LogP contribution in [0, 0.1) is 6.92 Å². The van der Waals surface area contributed by atoms with Crippen LogP contribution in [-0.4, -0.2) is 60.8 Å². The Morgan fingerprint density at radius 3 is 2.66 bits per heavy atom. The van der Waals surface area contributed by atoms with Gasteiger partial charge in [-0.25, -0.2) is 0 Å². The molecule has 3 heterocycles. The molecule has 2 amide bonds. The molecule has 4 rings (SSSR count). The van der Waals surface area contributed by atoms with E-state index in [0.29, 0.717) is 49.5 Å². The van der Waals surface area contributed by atoms with Crippen LogP contribution in [-0.2, 0) is 20.9 Å². The quantitative estimate of drug-likeness (QED) is 0.783. The fourth-order valence-electron chi connectivity index (χ4n) is 4.00. The number of aromatic nitrogens is 1. The normalized spacial score (nSPS) is 19.0. The highest BCUT2D eigenvalue weighted by Crippen LogP contribution is 2.33. The number of rotatable bonds is 4. The summed E-state index contributed by atoms with van der Waals surface area (Å²) in [5, 5.41) is 3.94. The maximum Gasteiger partial charge on any atom is 0.276 e. The third kappa shape index (κ3) is 3.77. The number of carbonyl (C=O) groups is 2. The highest BCUT2D eigenvalue weighted by Gasteiger charge is 2.44. The van der Waals surface area contributed by atoms with Crippen molar-refractivity contribution in [3.05, 3.63) is 47.3 Å². The predicted octanol–water partition coefficient (Wildman–Crippen LogP) is 2.17. The molecule has 0 radical (unpaired) electrons. The summed E-state index contributed by atoms with van der Waals surface area (Å²) >= 11 is 0. The van der Waals surface area contributed by atoms with E-state index in [1.165, 1.54) is 0 Å². The molecule has 0 aliphatic carbocycles. The van der Waals surface area contributed by atoms with Crippen molar-refractivity contribution in [1.82, 2.24) is 10.1 Å². The van der Waals surface area contributed by atoms with E-state index in [9.17, 15) is 9.59 Å². The highest BCUT2D eigenvalue weighted by atomic mass is 16.5. The fourth-order valence-corrected chi connectivity index (χ4v) is 4.00. The van der Waals surface area contributed by atoms with Crippen LogP contribution in [0.4, 0.5) is 5.69 Å². The molecule has 2 fully saturated rings. The van der Waals surface area contributed by atoms with Gasteiger partial charge in [0.25, 0.3) is 11.8 Å². The highest BCUT2D eigenvalue weighted by molar-refractivity contribution is 5.95. The lowest BCUT2D eigenvalue weighted by atomic mass is 9.88. The Hall–Kier alpha value is -2.71. The molecule has 0 bridgehead atoms. The van der Waals surface area contributed by atoms with Crippen LogP contribution in [0.25, 0.3) is 0 Å². The maximum atomic E-state index is 13.0. The van der Waals surface area contributed by atoms with E-state index in [4.69, 9.17) is 14.0 Å². The van der Waals surface area contributed by atoms with Crippen LogP contribution in [0.5, 0.6) is 0 Å². The van der Waals surface area contributed by atoms with E-state index in [2.05, 4.69) is 5.16 Å². The van der Waals surface area contributed by atoms with E-state index in [1.54, 1.807) is 23.8 Å². The molecule has 0 N–H and O–H groups in total. The number of carbonyl (C=O) groups excluding carboxylic acids is 2. The summed E-state index contributed by atoms with van der Waals surface area (Å²) in [6, 6.07) is 9.63. The van der Waals surface area contributed by atoms with Gasteiger partial charge >= 0.3 is 0 Å². The van der Waals surface area contributed by atoms with Gasteiger partial charge in [-0.05, 0) is 31.9 Å². The molecule has 0 unspecified atom stereocenters. The second-order valence-electron chi connectivity index (χ2n) is 7.58. The Morgan fingerprint density at radius 1 is 1.24 bits per heavy atom. The molecule has 8 nitrogen and oxygen atoms in total. The number of anilines is 1. The van der Waals surface area contributed by atoms with Gasteiger partial charge in [-0.3, -0.25) is 9.59 Å². The van der Waals surface area contributed by atoms with Crippen molar-refractivity contribution in [1.29, 1.82) is 0 Å². The molecule has 2 aliphatic heterocycles. The van der Waals surface area contributed by atoms with Gasteiger partial charge in [0.2, 0.25) is 0 Å². The lowest BCUT2D eigenvalue weighted by molar-refractivity contribution is -0.143. The van der Waals surface area contributed by atoms with Gasteiger partial charge in [0.1, 0.15) is 12.4 Å². The number of nitrogens with zero attached hydrogens (tertiary/aromatic N) is 3. The van der Waals surface area contributed by atoms with Crippen molar-refractivity contribution in [3.63, 3.8) is 0 Å². The topological polar surface area (TPSA) is 85.1 Å². The molecule has 29 heavy (non-hydrogen) atoms. The summed E-state index contributed by atoms with van der Waals surface area (Å²) in [7, 11) is 1.57. The molecule has 1 aromatic carbocycles. The first-order valence-corrected chi connectivity index (χ1v) is 9.76. The number of likely N-dealkylation sites (tertiary alicyclic amines) is 1. The third-order valence-corrected chi connectivity index (χ3v) is 5.75. The monoisotopic (exact) mass is 399 g/mol. The summed E-state index contributed by atoms with van der Waals surface area (Å²) < 4.78 is 16.4. The minimum atomic E-state index is -0.435. The minimum Gasteiger partial charge on any atom is -0.380 e. The van der Waals surface area contributed by atoms with E-state index < -0.39 is 5.60 Å². The maximum absolute atomic E-state index is 13.0. The fraction of sp³-hybridized carbons (Fsp3) is 0.476. The number of aryl methyl sites for hydroxylation is 1. The number of amides is 2. The van der Waals surface area contributed by atoms with E-state index in [1.807, 2.05) is 30.3 Å². The van der Waals surface area contributed by atoms with Gasteiger partial charge in [0, 0.05) is 25.9 Å². The van der Waals surface area contributed by atoms with Gasteiger partial charge in [0.15, 0.2) is 5.69 Å². The molecule has 1 aromatic heterocycles. The van der Waals surface area contributed by atoms with Crippen LogP contribution >= 0.6 is 0 Å². The molecular formula is C21H25N3O5. The molecule has 8 heteroatoms. The largest absolute Gasteiger partial charge is 0.380 e. The van der Waals surface area contributed by atoms with Crippen molar-refractivity contribution in [2.24, 2.45) is 0 Å². The van der Waals surface area contributed by atoms with Crippen molar-refractivity contribution >= 4 is 17.5 Å². The number of ether oxygens (including phenoxy) is 2. The van der Waals surface area contributed by atoms with Crippen LogP contribution in [0.1, 0.15) is 34.7 Å². The molecular weight excluding hydrogens is 374 g/mol. The first-order valence-electron chi connectivity index (χ1n) is 9.76. The van der Waals surface area contributed by atoms with Gasteiger partial charge in [0.05, 0.1) is 24.3 Å². The predicted molar refractivity (Wildman–Crippen MR) is 105 cm³/mol. The number of benzene rings is 1. The SMILES string of the molecule is COCc1c(C(=O)N2CCC3(CC2)CN(c2ccccc2)C(=O)CO3)noc1C. The number of para-hydroxylation sites is 1. The second-order valence-corrected chi connectivity index (χ2v) is 7.58. The number of methoxy groups -OCH3 is 1. The zero-order chi connectivity index (χ0) is 20.4. The van der Waals surface area contributed by atoms with Crippen LogP contribution in [0.2, 0.25) is 0 Å². The third-order valence-electron chi connectivity index (χ3n) is 5.75. The standard InChI is InChI=1S/C21H25N3O5/c1-15-17(12-27-2)19(22-29-15)20(26)23-10-8-21(9-11-23)14-24(18(25)13-28-21)16-6-4-3-5-7-16/h3-7H,8-14H2,1-2H3. The second kappa shape index (κ2) is 7.96. The van der Waals surface area contributed by atoms with Gasteiger partial charge in [-0.2, -0.15) is 0 Å². The summed E-state index contributed by atoms with van der Waals surface area (Å²) in [5.74, 6) is 0.398. The lowest BCUT2D eigenvalue weighted by Gasteiger charge is -2.46. The number of morpholine rings is 1. The Bertz CT molecular complexity index is 887. The van der Waals surface area contributed by atoms with Crippen molar-refractivity contribution in [2.75, 3.05) is 38.3 Å². The molecule has 2 aromatic rings. The van der Waals surface area contributed by atoms with Crippen molar-refractivity contribution in [2.45, 2.75) is 32.0 Å². The summed E-state index contributed by atoms with van der Waals surface area (Å²) in [4.78, 5) is 28.9. The molecule has 0 atom stereocenters. The van der Waals surface area contributed by atoms with Gasteiger partial charge in [-0.15, -0.1) is 0 Å². The first kappa shape index (κ1) is 19.6. The number of hydrogen-bond acceptors (Lipinski definition) is 6. The molecule has 2 aliphatic rings. The average Bonchev–Trinajstić information content (AvgIpc) is 3.11. The van der Waals surface area contributed by atoms with E-state index in [-0.39, 0.29) is 25.0 Å².